The van der Waals surface area contributed by atoms with Crippen LogP contribution in [0.1, 0.15) is 11.4 Å². The molecular weight excluding hydrogens is 196 g/mol. The predicted octanol–water partition coefficient (Wildman–Crippen LogP) is 0.706. The van der Waals surface area contributed by atoms with Crippen molar-refractivity contribution in [3.63, 3.8) is 0 Å². The second kappa shape index (κ2) is 3.56. The van der Waals surface area contributed by atoms with Crippen LogP contribution in [0.3, 0.4) is 0 Å². The molecule has 1 aliphatic heterocycles. The highest BCUT2D eigenvalue weighted by atomic mass is 16.6. The molecule has 1 aromatic rings. The Balaban J connectivity index is 2.48. The summed E-state index contributed by atoms with van der Waals surface area (Å²) in [7, 11) is 0. The lowest BCUT2D eigenvalue weighted by Gasteiger charge is -2.25. The van der Waals surface area contributed by atoms with Crippen LogP contribution in [-0.4, -0.2) is 21.7 Å². The molecule has 1 aliphatic rings. The minimum atomic E-state index is -0.784. The molecule has 0 radical (unpaired) electrons. The predicted molar refractivity (Wildman–Crippen MR) is 52.4 cm³/mol. The number of aryl methyl sites for hydroxylation is 1. The zero-order valence-electron chi connectivity index (χ0n) is 8.08. The molecule has 6 heteroatoms. The van der Waals surface area contributed by atoms with Crippen LogP contribution in [0.5, 0.6) is 0 Å². The highest BCUT2D eigenvalue weighted by Crippen LogP contribution is 2.23. The molecule has 78 valence electrons. The molecule has 6 nitrogen and oxygen atoms in total. The molecule has 0 saturated carbocycles. The van der Waals surface area contributed by atoms with Gasteiger partial charge in [0.15, 0.2) is 0 Å². The average Bonchev–Trinajstić information content (AvgIpc) is 2.67. The van der Waals surface area contributed by atoms with Crippen molar-refractivity contribution in [1.29, 1.82) is 0 Å². The number of rotatable bonds is 2. The summed E-state index contributed by atoms with van der Waals surface area (Å²) in [5, 5.41) is 22.2. The Bertz CT molecular complexity index is 435. The van der Waals surface area contributed by atoms with Gasteiger partial charge in [0.05, 0.1) is 6.21 Å². The molecule has 0 saturated heterocycles. The second-order valence-electron chi connectivity index (χ2n) is 3.17. The van der Waals surface area contributed by atoms with Gasteiger partial charge in [0.1, 0.15) is 16.9 Å². The van der Waals surface area contributed by atoms with Gasteiger partial charge in [-0.15, -0.1) is 0 Å². The van der Waals surface area contributed by atoms with E-state index in [2.05, 4.69) is 25.4 Å². The standard InChI is InChI=1S/C9H10N4O2/c1-7-8(13-15-12-7)9(6-11-14)4-2-3-5-10-9/h2-6,10,14H,1H3. The lowest BCUT2D eigenvalue weighted by molar-refractivity contribution is 0.295. The summed E-state index contributed by atoms with van der Waals surface area (Å²) in [6.07, 6.45) is 8.52. The number of dihydropyridines is 1. The third-order valence-electron chi connectivity index (χ3n) is 2.19. The lowest BCUT2D eigenvalue weighted by Crippen LogP contribution is -2.41. The van der Waals surface area contributed by atoms with Crippen LogP contribution in [0.4, 0.5) is 0 Å². The van der Waals surface area contributed by atoms with E-state index in [9.17, 15) is 0 Å². The van der Waals surface area contributed by atoms with Crippen LogP contribution in [0.2, 0.25) is 0 Å². The average molecular weight is 206 g/mol. The molecule has 15 heavy (non-hydrogen) atoms. The van der Waals surface area contributed by atoms with Gasteiger partial charge in [-0.05, 0) is 25.3 Å². The Kier molecular flexibility index (Phi) is 2.24. The summed E-state index contributed by atoms with van der Waals surface area (Å²) in [6, 6.07) is 0. The van der Waals surface area contributed by atoms with Gasteiger partial charge in [-0.3, -0.25) is 0 Å². The molecule has 1 unspecified atom stereocenters. The minimum absolute atomic E-state index is 0.570. The molecule has 0 amide bonds. The number of nitrogens with zero attached hydrogens (tertiary/aromatic N) is 3. The monoisotopic (exact) mass is 206 g/mol. The zero-order valence-corrected chi connectivity index (χ0v) is 8.08. The first-order valence-corrected chi connectivity index (χ1v) is 4.39. The molecule has 0 bridgehead atoms. The molecule has 0 aliphatic carbocycles. The summed E-state index contributed by atoms with van der Waals surface area (Å²) < 4.78 is 4.63. The quantitative estimate of drug-likeness (QED) is 0.423. The van der Waals surface area contributed by atoms with E-state index in [1.807, 2.05) is 12.2 Å². The topological polar surface area (TPSA) is 83.5 Å². The fraction of sp³-hybridized carbons (Fsp3) is 0.222. The van der Waals surface area contributed by atoms with E-state index < -0.39 is 5.54 Å². The van der Waals surface area contributed by atoms with E-state index in [1.54, 1.807) is 19.2 Å². The largest absolute Gasteiger partial charge is 0.411 e. The summed E-state index contributed by atoms with van der Waals surface area (Å²) >= 11 is 0. The van der Waals surface area contributed by atoms with E-state index in [0.717, 1.165) is 0 Å². The van der Waals surface area contributed by atoms with E-state index in [0.29, 0.717) is 11.4 Å². The van der Waals surface area contributed by atoms with Gasteiger partial charge in [0, 0.05) is 0 Å². The Hall–Kier alpha value is -2.11. The van der Waals surface area contributed by atoms with Gasteiger partial charge in [0.25, 0.3) is 0 Å². The van der Waals surface area contributed by atoms with E-state index in [4.69, 9.17) is 5.21 Å². The maximum Gasteiger partial charge on any atom is 0.143 e. The molecule has 2 N–H and O–H groups in total. The van der Waals surface area contributed by atoms with Crippen LogP contribution in [0.25, 0.3) is 0 Å². The van der Waals surface area contributed by atoms with Crippen molar-refractivity contribution in [2.75, 3.05) is 0 Å². The highest BCUT2D eigenvalue weighted by Gasteiger charge is 2.33. The summed E-state index contributed by atoms with van der Waals surface area (Å²) in [5.41, 5.74) is 0.427. The molecule has 1 aromatic heterocycles. The Labute approximate surface area is 85.9 Å². The molecule has 0 fully saturated rings. The number of allylic oxidation sites excluding steroid dienone is 2. The number of aromatic nitrogens is 2. The Morgan fingerprint density at radius 2 is 2.40 bits per heavy atom. The summed E-state index contributed by atoms with van der Waals surface area (Å²) in [6.45, 7) is 1.77. The highest BCUT2D eigenvalue weighted by molar-refractivity contribution is 5.76. The van der Waals surface area contributed by atoms with Crippen molar-refractivity contribution in [2.24, 2.45) is 5.16 Å². The molecule has 2 heterocycles. The first kappa shape index (κ1) is 9.45. The van der Waals surface area contributed by atoms with Crippen LogP contribution in [-0.2, 0) is 5.54 Å². The molecule has 2 rings (SSSR count). The SMILES string of the molecule is Cc1nonc1C1(C=NO)C=CC=CN1. The van der Waals surface area contributed by atoms with Gasteiger partial charge >= 0.3 is 0 Å². The van der Waals surface area contributed by atoms with Gasteiger partial charge in [-0.2, -0.15) is 0 Å². The fourth-order valence-electron chi connectivity index (χ4n) is 1.48. The maximum absolute atomic E-state index is 8.67. The lowest BCUT2D eigenvalue weighted by atomic mass is 9.93. The second-order valence-corrected chi connectivity index (χ2v) is 3.17. The van der Waals surface area contributed by atoms with Crippen molar-refractivity contribution >= 4 is 6.21 Å². The smallest absolute Gasteiger partial charge is 0.143 e. The van der Waals surface area contributed by atoms with Crippen LogP contribution in [0.15, 0.2) is 34.2 Å². The molecule has 0 aromatic carbocycles. The summed E-state index contributed by atoms with van der Waals surface area (Å²) in [4.78, 5) is 0. The van der Waals surface area contributed by atoms with E-state index in [-0.39, 0.29) is 0 Å². The molecule has 1 atom stereocenters. The first-order chi connectivity index (χ1) is 7.28. The third kappa shape index (κ3) is 1.50. The Morgan fingerprint density at radius 1 is 1.53 bits per heavy atom. The van der Waals surface area contributed by atoms with Crippen molar-refractivity contribution in [2.45, 2.75) is 12.5 Å². The normalized spacial score (nSPS) is 24.6. The summed E-state index contributed by atoms with van der Waals surface area (Å²) in [5.74, 6) is 0. The van der Waals surface area contributed by atoms with E-state index in [1.165, 1.54) is 6.21 Å². The van der Waals surface area contributed by atoms with Gasteiger partial charge in [-0.1, -0.05) is 21.5 Å². The van der Waals surface area contributed by atoms with Crippen molar-refractivity contribution in [3.8, 4) is 0 Å². The number of oxime groups is 1. The van der Waals surface area contributed by atoms with Gasteiger partial charge in [0.2, 0.25) is 0 Å². The Morgan fingerprint density at radius 3 is 2.93 bits per heavy atom. The van der Waals surface area contributed by atoms with Crippen LogP contribution in [0, 0.1) is 6.92 Å². The fourth-order valence-corrected chi connectivity index (χ4v) is 1.48. The first-order valence-electron chi connectivity index (χ1n) is 4.39. The zero-order chi connectivity index (χ0) is 10.7. The van der Waals surface area contributed by atoms with Crippen LogP contribution < -0.4 is 5.32 Å². The number of hydrogen-bond donors (Lipinski definition) is 2. The number of hydrogen-bond acceptors (Lipinski definition) is 6. The van der Waals surface area contributed by atoms with Crippen molar-refractivity contribution < 1.29 is 9.84 Å². The number of nitrogens with one attached hydrogen (secondary N) is 1. The van der Waals surface area contributed by atoms with Crippen LogP contribution >= 0.6 is 0 Å². The van der Waals surface area contributed by atoms with Gasteiger partial charge < -0.3 is 10.5 Å². The van der Waals surface area contributed by atoms with E-state index >= 15 is 0 Å². The van der Waals surface area contributed by atoms with Crippen molar-refractivity contribution in [3.05, 3.63) is 35.8 Å². The van der Waals surface area contributed by atoms with Gasteiger partial charge in [-0.25, -0.2) is 4.63 Å². The van der Waals surface area contributed by atoms with Crippen molar-refractivity contribution in [1.82, 2.24) is 15.6 Å². The minimum Gasteiger partial charge on any atom is -0.411 e. The third-order valence-corrected chi connectivity index (χ3v) is 2.19. The molecular formula is C9H10N4O2. The maximum atomic E-state index is 8.67. The molecule has 0 spiro atoms.